The molecule has 0 bridgehead atoms. The number of nitro groups is 1. The van der Waals surface area contributed by atoms with Crippen LogP contribution in [0, 0.1) is 17.0 Å². The van der Waals surface area contributed by atoms with Crippen molar-refractivity contribution in [2.45, 2.75) is 11.8 Å². The fourth-order valence-electron chi connectivity index (χ4n) is 3.28. The van der Waals surface area contributed by atoms with Crippen molar-refractivity contribution in [3.8, 4) is 5.75 Å². The number of methoxy groups -OCH3 is 1. The van der Waals surface area contributed by atoms with Crippen molar-refractivity contribution < 1.29 is 22.9 Å². The number of rotatable bonds is 6. The highest BCUT2D eigenvalue weighted by Gasteiger charge is 2.28. The first-order chi connectivity index (χ1) is 14.6. The minimum atomic E-state index is -3.75. The lowest BCUT2D eigenvalue weighted by Gasteiger charge is -2.31. The Hall–Kier alpha value is -3.02. The number of hydrogen-bond acceptors (Lipinski definition) is 7. The molecule has 11 heteroatoms. The molecule has 2 aromatic carbocycles. The van der Waals surface area contributed by atoms with Gasteiger partial charge in [-0.05, 0) is 37.7 Å². The smallest absolute Gasteiger partial charge is 0.271 e. The third kappa shape index (κ3) is 4.84. The number of ether oxygens (including phenoxy) is 1. The van der Waals surface area contributed by atoms with E-state index in [1.807, 2.05) is 11.9 Å². The van der Waals surface area contributed by atoms with Gasteiger partial charge < -0.3 is 15.0 Å². The molecule has 166 valence electrons. The van der Waals surface area contributed by atoms with E-state index in [1.165, 1.54) is 41.7 Å². The summed E-state index contributed by atoms with van der Waals surface area (Å²) in [6.45, 7) is 3.69. The number of benzene rings is 2. The predicted molar refractivity (Wildman–Crippen MR) is 115 cm³/mol. The van der Waals surface area contributed by atoms with Crippen LogP contribution in [-0.2, 0) is 10.0 Å². The largest absolute Gasteiger partial charge is 0.495 e. The first-order valence-corrected chi connectivity index (χ1v) is 11.0. The number of carbonyl (C=O) groups excluding carboxylic acids is 1. The van der Waals surface area contributed by atoms with Gasteiger partial charge in [-0.15, -0.1) is 0 Å². The summed E-state index contributed by atoms with van der Waals surface area (Å²) in [4.78, 5) is 25.5. The summed E-state index contributed by atoms with van der Waals surface area (Å²) in [5.41, 5.74) is 0.635. The van der Waals surface area contributed by atoms with E-state index in [9.17, 15) is 23.3 Å². The molecule has 31 heavy (non-hydrogen) atoms. The van der Waals surface area contributed by atoms with Gasteiger partial charge >= 0.3 is 0 Å². The van der Waals surface area contributed by atoms with E-state index in [-0.39, 0.29) is 27.6 Å². The number of aryl methyl sites for hydroxylation is 1. The fourth-order valence-corrected chi connectivity index (χ4v) is 4.73. The number of amides is 1. The Kier molecular flexibility index (Phi) is 6.58. The van der Waals surface area contributed by atoms with E-state index in [4.69, 9.17) is 4.74 Å². The summed E-state index contributed by atoms with van der Waals surface area (Å²) in [5.74, 6) is -0.343. The SMILES string of the molecule is COc1ccc([N+](=O)[O-])cc1NC(=O)c1cc(S(=O)(=O)N2CCN(C)CC2)ccc1C. The zero-order valence-electron chi connectivity index (χ0n) is 17.5. The highest BCUT2D eigenvalue weighted by atomic mass is 32.2. The van der Waals surface area contributed by atoms with Crippen molar-refractivity contribution >= 4 is 27.3 Å². The minimum Gasteiger partial charge on any atom is -0.495 e. The molecule has 0 aliphatic carbocycles. The van der Waals surface area contributed by atoms with Gasteiger partial charge in [0.25, 0.3) is 11.6 Å². The molecular formula is C20H24N4O6S. The van der Waals surface area contributed by atoms with E-state index in [2.05, 4.69) is 5.32 Å². The van der Waals surface area contributed by atoms with Gasteiger partial charge in [0, 0.05) is 43.9 Å². The summed E-state index contributed by atoms with van der Waals surface area (Å²) < 4.78 is 32.7. The Labute approximate surface area is 180 Å². The van der Waals surface area contributed by atoms with Gasteiger partial charge in [-0.1, -0.05) is 6.07 Å². The van der Waals surface area contributed by atoms with Gasteiger partial charge in [-0.2, -0.15) is 4.31 Å². The van der Waals surface area contributed by atoms with E-state index >= 15 is 0 Å². The maximum absolute atomic E-state index is 13.0. The lowest BCUT2D eigenvalue weighted by Crippen LogP contribution is -2.47. The molecule has 1 saturated heterocycles. The van der Waals surface area contributed by atoms with Gasteiger partial charge in [0.2, 0.25) is 10.0 Å². The molecule has 1 N–H and O–H groups in total. The van der Waals surface area contributed by atoms with E-state index in [0.29, 0.717) is 31.7 Å². The summed E-state index contributed by atoms with van der Waals surface area (Å²) in [7, 11) is -0.438. The number of hydrogen-bond donors (Lipinski definition) is 1. The second-order valence-corrected chi connectivity index (χ2v) is 9.22. The molecule has 0 atom stereocenters. The summed E-state index contributed by atoms with van der Waals surface area (Å²) in [5, 5.41) is 13.7. The summed E-state index contributed by atoms with van der Waals surface area (Å²) in [6, 6.07) is 8.23. The van der Waals surface area contributed by atoms with Crippen LogP contribution in [0.15, 0.2) is 41.3 Å². The molecule has 1 aliphatic rings. The molecule has 0 radical (unpaired) electrons. The standard InChI is InChI=1S/C20H24N4O6S/c1-14-4-6-16(31(28,29)23-10-8-22(2)9-11-23)13-17(14)20(25)21-18-12-15(24(26)27)5-7-19(18)30-3/h4-7,12-13H,8-11H2,1-3H3,(H,21,25). The third-order valence-corrected chi connectivity index (χ3v) is 7.09. The molecule has 2 aromatic rings. The number of piperazine rings is 1. The van der Waals surface area contributed by atoms with Crippen molar-refractivity contribution in [2.75, 3.05) is 45.7 Å². The molecular weight excluding hydrogens is 424 g/mol. The maximum Gasteiger partial charge on any atom is 0.271 e. The predicted octanol–water partition coefficient (Wildman–Crippen LogP) is 2.10. The molecule has 10 nitrogen and oxygen atoms in total. The van der Waals surface area contributed by atoms with Crippen LogP contribution in [-0.4, -0.2) is 68.8 Å². The number of nitro benzene ring substituents is 1. The zero-order chi connectivity index (χ0) is 22.8. The van der Waals surface area contributed by atoms with Gasteiger partial charge in [0.05, 0.1) is 22.6 Å². The van der Waals surface area contributed by atoms with Crippen LogP contribution in [0.4, 0.5) is 11.4 Å². The van der Waals surface area contributed by atoms with Gasteiger partial charge in [-0.25, -0.2) is 8.42 Å². The Morgan fingerprint density at radius 1 is 1.13 bits per heavy atom. The summed E-state index contributed by atoms with van der Waals surface area (Å²) in [6.07, 6.45) is 0. The number of anilines is 1. The Balaban J connectivity index is 1.91. The topological polar surface area (TPSA) is 122 Å². The van der Waals surface area contributed by atoms with Gasteiger partial charge in [0.1, 0.15) is 5.75 Å². The number of non-ortho nitro benzene ring substituents is 1. The molecule has 0 unspecified atom stereocenters. The fraction of sp³-hybridized carbons (Fsp3) is 0.350. The van der Waals surface area contributed by atoms with Crippen LogP contribution >= 0.6 is 0 Å². The average molecular weight is 449 g/mol. The molecule has 3 rings (SSSR count). The molecule has 0 spiro atoms. The number of likely N-dealkylation sites (N-methyl/N-ethyl adjacent to an activating group) is 1. The molecule has 0 saturated carbocycles. The lowest BCUT2D eigenvalue weighted by atomic mass is 10.1. The maximum atomic E-state index is 13.0. The van der Waals surface area contributed by atoms with Crippen LogP contribution in [0.5, 0.6) is 5.75 Å². The first kappa shape index (κ1) is 22.7. The van der Waals surface area contributed by atoms with Crippen molar-refractivity contribution in [2.24, 2.45) is 0 Å². The van der Waals surface area contributed by atoms with Crippen molar-refractivity contribution in [3.05, 3.63) is 57.6 Å². The number of nitrogens with zero attached hydrogens (tertiary/aromatic N) is 3. The van der Waals surface area contributed by atoms with Crippen LogP contribution in [0.1, 0.15) is 15.9 Å². The number of carbonyl (C=O) groups is 1. The average Bonchev–Trinajstić information content (AvgIpc) is 2.74. The van der Waals surface area contributed by atoms with Crippen molar-refractivity contribution in [3.63, 3.8) is 0 Å². The monoisotopic (exact) mass is 448 g/mol. The second kappa shape index (κ2) is 9.00. The van der Waals surface area contributed by atoms with Crippen LogP contribution in [0.3, 0.4) is 0 Å². The molecule has 1 fully saturated rings. The van der Waals surface area contributed by atoms with E-state index in [1.54, 1.807) is 13.0 Å². The number of nitrogens with one attached hydrogen (secondary N) is 1. The number of sulfonamides is 1. The van der Waals surface area contributed by atoms with E-state index in [0.717, 1.165) is 0 Å². The highest BCUT2D eigenvalue weighted by molar-refractivity contribution is 7.89. The van der Waals surface area contributed by atoms with Crippen LogP contribution < -0.4 is 10.1 Å². The lowest BCUT2D eigenvalue weighted by molar-refractivity contribution is -0.384. The van der Waals surface area contributed by atoms with E-state index < -0.39 is 20.9 Å². The van der Waals surface area contributed by atoms with Crippen LogP contribution in [0.2, 0.25) is 0 Å². The first-order valence-electron chi connectivity index (χ1n) is 9.56. The second-order valence-electron chi connectivity index (χ2n) is 7.28. The summed E-state index contributed by atoms with van der Waals surface area (Å²) >= 11 is 0. The van der Waals surface area contributed by atoms with Crippen molar-refractivity contribution in [1.29, 1.82) is 0 Å². The van der Waals surface area contributed by atoms with Crippen molar-refractivity contribution in [1.82, 2.24) is 9.21 Å². The highest BCUT2D eigenvalue weighted by Crippen LogP contribution is 2.30. The minimum absolute atomic E-state index is 0.0267. The molecule has 1 aliphatic heterocycles. The van der Waals surface area contributed by atoms with Gasteiger partial charge in [-0.3, -0.25) is 14.9 Å². The van der Waals surface area contributed by atoms with Gasteiger partial charge in [0.15, 0.2) is 0 Å². The quantitative estimate of drug-likeness (QED) is 0.530. The zero-order valence-corrected chi connectivity index (χ0v) is 18.3. The van der Waals surface area contributed by atoms with Crippen LogP contribution in [0.25, 0.3) is 0 Å². The normalized spacial score (nSPS) is 15.5. The third-order valence-electron chi connectivity index (χ3n) is 5.20. The Morgan fingerprint density at radius 3 is 2.42 bits per heavy atom. The molecule has 1 heterocycles. The molecule has 1 amide bonds. The Bertz CT molecular complexity index is 1110. The molecule has 0 aromatic heterocycles. The Morgan fingerprint density at radius 2 is 1.81 bits per heavy atom.